The van der Waals surface area contributed by atoms with Gasteiger partial charge >= 0.3 is 0 Å². The molecule has 0 saturated carbocycles. The summed E-state index contributed by atoms with van der Waals surface area (Å²) in [4.78, 5) is 1.29. The highest BCUT2D eigenvalue weighted by molar-refractivity contribution is 7.71. The van der Waals surface area contributed by atoms with E-state index in [-0.39, 0.29) is 11.9 Å². The normalized spacial score (nSPS) is 17.4. The minimum Gasteiger partial charge on any atom is -0.376 e. The lowest BCUT2D eigenvalue weighted by Gasteiger charge is -2.15. The van der Waals surface area contributed by atoms with Gasteiger partial charge in [-0.15, -0.1) is 5.10 Å². The Kier molecular flexibility index (Phi) is 6.41. The van der Waals surface area contributed by atoms with Crippen molar-refractivity contribution >= 4 is 12.2 Å². The Morgan fingerprint density at radius 2 is 1.97 bits per heavy atom. The monoisotopic (exact) mass is 427 g/mol. The van der Waals surface area contributed by atoms with Crippen LogP contribution >= 0.6 is 12.2 Å². The van der Waals surface area contributed by atoms with Gasteiger partial charge in [0.1, 0.15) is 12.4 Å². The summed E-state index contributed by atoms with van der Waals surface area (Å²) in [5.74, 6) is 0.504. The molecule has 1 unspecified atom stereocenters. The first kappa shape index (κ1) is 20.9. The van der Waals surface area contributed by atoms with E-state index in [0.29, 0.717) is 18.0 Å². The highest BCUT2D eigenvalue weighted by atomic mass is 32.1. The summed E-state index contributed by atoms with van der Waals surface area (Å²) >= 11 is 5.80. The van der Waals surface area contributed by atoms with E-state index in [1.54, 1.807) is 12.1 Å². The molecule has 3 aromatic rings. The van der Waals surface area contributed by atoms with Crippen LogP contribution in [-0.2, 0) is 24.5 Å². The zero-order valence-electron chi connectivity index (χ0n) is 17.5. The summed E-state index contributed by atoms with van der Waals surface area (Å²) in [5.41, 5.74) is 3.46. The van der Waals surface area contributed by atoms with E-state index in [4.69, 9.17) is 22.1 Å². The third-order valence-electron chi connectivity index (χ3n) is 5.61. The van der Waals surface area contributed by atoms with Crippen LogP contribution in [0, 0.1) is 17.5 Å². The molecule has 0 amide bonds. The Balaban J connectivity index is 1.61. The lowest BCUT2D eigenvalue weighted by molar-refractivity contribution is -0.917. The average molecular weight is 428 g/mol. The average Bonchev–Trinajstić information content (AvgIpc) is 3.34. The van der Waals surface area contributed by atoms with Crippen LogP contribution in [0.3, 0.4) is 0 Å². The molecule has 5 nitrogen and oxygen atoms in total. The molecule has 0 spiro atoms. The van der Waals surface area contributed by atoms with Gasteiger partial charge in [-0.1, -0.05) is 24.3 Å². The van der Waals surface area contributed by atoms with Crippen molar-refractivity contribution in [2.24, 2.45) is 0 Å². The van der Waals surface area contributed by atoms with Crippen LogP contribution in [0.15, 0.2) is 48.5 Å². The molecule has 158 valence electrons. The third-order valence-corrected chi connectivity index (χ3v) is 6.04. The number of benzene rings is 2. The maximum Gasteiger partial charge on any atom is 0.203 e. The molecule has 2 heterocycles. The summed E-state index contributed by atoms with van der Waals surface area (Å²) in [7, 11) is 2.14. The number of aryl methyl sites for hydroxylation is 1. The minimum absolute atomic E-state index is 0.144. The predicted molar refractivity (Wildman–Crippen MR) is 117 cm³/mol. The van der Waals surface area contributed by atoms with E-state index >= 15 is 0 Å². The number of hydrogen-bond donors (Lipinski definition) is 1. The topological polar surface area (TPSA) is 36.4 Å². The van der Waals surface area contributed by atoms with Gasteiger partial charge in [0.05, 0.1) is 19.7 Å². The largest absolute Gasteiger partial charge is 0.376 e. The van der Waals surface area contributed by atoms with E-state index < -0.39 is 0 Å². The number of hydrogen-bond acceptors (Lipinski definition) is 3. The van der Waals surface area contributed by atoms with Crippen molar-refractivity contribution in [1.82, 2.24) is 14.3 Å². The molecule has 2 aromatic carbocycles. The van der Waals surface area contributed by atoms with E-state index in [0.717, 1.165) is 37.4 Å². The van der Waals surface area contributed by atoms with Gasteiger partial charge in [0.15, 0.2) is 12.5 Å². The number of aromatic nitrogens is 3. The molecule has 1 saturated heterocycles. The van der Waals surface area contributed by atoms with Crippen LogP contribution in [-0.4, -0.2) is 34.1 Å². The standard InChI is InChI=1S/C23H27FN4OS/c1-17-6-3-4-7-19(17)14-26(2)16-28-23(30)27(15-21-8-5-13-29-21)22(25-28)18-9-11-20(24)12-10-18/h3-4,6-7,9-12,21H,5,8,13-16H2,1-2H3/p+1/t21-/m1/s1. The molecule has 1 fully saturated rings. The highest BCUT2D eigenvalue weighted by Crippen LogP contribution is 2.22. The summed E-state index contributed by atoms with van der Waals surface area (Å²) in [6.07, 6.45) is 2.24. The number of halogens is 1. The van der Waals surface area contributed by atoms with Gasteiger partial charge in [0.25, 0.3) is 0 Å². The van der Waals surface area contributed by atoms with Crippen LogP contribution < -0.4 is 4.90 Å². The molecule has 1 aliphatic heterocycles. The van der Waals surface area contributed by atoms with Crippen molar-refractivity contribution in [3.05, 3.63) is 70.2 Å². The first-order chi connectivity index (χ1) is 14.5. The Hall–Kier alpha value is -2.35. The van der Waals surface area contributed by atoms with Gasteiger partial charge in [-0.3, -0.25) is 4.57 Å². The lowest BCUT2D eigenvalue weighted by Crippen LogP contribution is -3.07. The van der Waals surface area contributed by atoms with Crippen LogP contribution in [0.4, 0.5) is 4.39 Å². The zero-order chi connectivity index (χ0) is 21.1. The molecular formula is C23H28FN4OS+. The summed E-state index contributed by atoms with van der Waals surface area (Å²) in [5, 5.41) is 4.83. The molecule has 1 N–H and O–H groups in total. The van der Waals surface area contributed by atoms with Crippen molar-refractivity contribution in [3.8, 4) is 11.4 Å². The maximum absolute atomic E-state index is 13.5. The van der Waals surface area contributed by atoms with Gasteiger partial charge in [-0.05, 0) is 61.8 Å². The van der Waals surface area contributed by atoms with Crippen molar-refractivity contribution in [2.75, 3.05) is 13.7 Å². The maximum atomic E-state index is 13.5. The molecule has 2 atom stereocenters. The Bertz CT molecular complexity index is 1050. The Morgan fingerprint density at radius 3 is 2.67 bits per heavy atom. The van der Waals surface area contributed by atoms with Crippen molar-refractivity contribution in [2.45, 2.75) is 45.6 Å². The summed E-state index contributed by atoms with van der Waals surface area (Å²) in [6.45, 7) is 5.14. The van der Waals surface area contributed by atoms with Gasteiger partial charge in [-0.25, -0.2) is 4.39 Å². The summed E-state index contributed by atoms with van der Waals surface area (Å²) < 4.78 is 23.9. The number of nitrogens with one attached hydrogen (secondary N) is 1. The number of rotatable bonds is 7. The highest BCUT2D eigenvalue weighted by Gasteiger charge is 2.21. The molecule has 0 bridgehead atoms. The van der Waals surface area contributed by atoms with Crippen LogP contribution in [0.2, 0.25) is 0 Å². The van der Waals surface area contributed by atoms with Crippen molar-refractivity contribution in [3.63, 3.8) is 0 Å². The Morgan fingerprint density at radius 1 is 1.20 bits per heavy atom. The lowest BCUT2D eigenvalue weighted by atomic mass is 10.1. The second-order valence-corrected chi connectivity index (χ2v) is 8.44. The fraction of sp³-hybridized carbons (Fsp3) is 0.391. The van der Waals surface area contributed by atoms with Crippen LogP contribution in [0.25, 0.3) is 11.4 Å². The number of quaternary nitrogens is 1. The van der Waals surface area contributed by atoms with Gasteiger partial charge < -0.3 is 9.64 Å². The van der Waals surface area contributed by atoms with Crippen LogP contribution in [0.1, 0.15) is 24.0 Å². The molecular weight excluding hydrogens is 399 g/mol. The SMILES string of the molecule is Cc1ccccc1C[NH+](C)Cn1nc(-c2ccc(F)cc2)n(C[C@H]2CCCO2)c1=S. The zero-order valence-corrected chi connectivity index (χ0v) is 18.3. The number of ether oxygens (including phenoxy) is 1. The van der Waals surface area contributed by atoms with Crippen molar-refractivity contribution in [1.29, 1.82) is 0 Å². The van der Waals surface area contributed by atoms with E-state index in [1.807, 2.05) is 9.25 Å². The smallest absolute Gasteiger partial charge is 0.203 e. The fourth-order valence-electron chi connectivity index (χ4n) is 3.96. The van der Waals surface area contributed by atoms with Crippen LogP contribution in [0.5, 0.6) is 0 Å². The predicted octanol–water partition coefficient (Wildman–Crippen LogP) is 3.38. The fourth-order valence-corrected chi connectivity index (χ4v) is 4.22. The third kappa shape index (κ3) is 4.69. The number of nitrogens with zero attached hydrogens (tertiary/aromatic N) is 3. The molecule has 1 aliphatic rings. The minimum atomic E-state index is -0.259. The Labute approximate surface area is 181 Å². The van der Waals surface area contributed by atoms with E-state index in [1.165, 1.54) is 28.2 Å². The molecule has 30 heavy (non-hydrogen) atoms. The van der Waals surface area contributed by atoms with E-state index in [2.05, 4.69) is 38.2 Å². The molecule has 0 radical (unpaired) electrons. The second kappa shape index (κ2) is 9.20. The first-order valence-corrected chi connectivity index (χ1v) is 10.8. The quantitative estimate of drug-likeness (QED) is 0.588. The van der Waals surface area contributed by atoms with Gasteiger partial charge in [0.2, 0.25) is 4.77 Å². The molecule has 7 heteroatoms. The molecule has 0 aliphatic carbocycles. The second-order valence-electron chi connectivity index (χ2n) is 8.08. The molecule has 4 rings (SSSR count). The van der Waals surface area contributed by atoms with Gasteiger partial charge in [-0.2, -0.15) is 4.68 Å². The summed E-state index contributed by atoms with van der Waals surface area (Å²) in [6, 6.07) is 14.9. The van der Waals surface area contributed by atoms with E-state index in [9.17, 15) is 4.39 Å². The first-order valence-electron chi connectivity index (χ1n) is 10.4. The molecule has 1 aromatic heterocycles. The van der Waals surface area contributed by atoms with Gasteiger partial charge in [0, 0.05) is 17.7 Å². The van der Waals surface area contributed by atoms with Crippen molar-refractivity contribution < 1.29 is 14.0 Å².